The van der Waals surface area contributed by atoms with Gasteiger partial charge in [0.2, 0.25) is 0 Å². The van der Waals surface area contributed by atoms with Crippen LogP contribution < -0.4 is 0 Å². The molecule has 0 aliphatic carbocycles. The molecule has 0 unspecified atom stereocenters. The molecule has 0 aromatic heterocycles. The van der Waals surface area contributed by atoms with Gasteiger partial charge >= 0.3 is 5.97 Å². The molecular weight excluding hydrogens is 182 g/mol. The van der Waals surface area contributed by atoms with Crippen LogP contribution in [0, 0.1) is 0 Å². The van der Waals surface area contributed by atoms with Crippen molar-refractivity contribution >= 4 is 12.3 Å². The van der Waals surface area contributed by atoms with Crippen molar-refractivity contribution in [2.24, 2.45) is 4.99 Å². The number of nitrogens with zero attached hydrogens (tertiary/aromatic N) is 3. The third kappa shape index (κ3) is 5.18. The van der Waals surface area contributed by atoms with E-state index in [0.29, 0.717) is 0 Å². The molecule has 5 heteroatoms. The summed E-state index contributed by atoms with van der Waals surface area (Å²) in [4.78, 5) is 18.7. The standard InChI is InChI=1S/C9H17N3O2/c1-11(2)6-8(9(13)14-5)10-7-12(3)4/h6-7H,1-5H3/b8-6+,10-7?. The largest absolute Gasteiger partial charge is 0.464 e. The molecule has 0 aliphatic heterocycles. The lowest BCUT2D eigenvalue weighted by atomic mass is 10.5. The van der Waals surface area contributed by atoms with Crippen molar-refractivity contribution in [2.45, 2.75) is 0 Å². The Hall–Kier alpha value is -1.52. The fraction of sp³-hybridized carbons (Fsp3) is 0.556. The first kappa shape index (κ1) is 12.5. The summed E-state index contributed by atoms with van der Waals surface area (Å²) in [5.41, 5.74) is 0.270. The molecule has 0 rings (SSSR count). The maximum atomic E-state index is 11.2. The van der Waals surface area contributed by atoms with E-state index in [0.717, 1.165) is 0 Å². The van der Waals surface area contributed by atoms with Gasteiger partial charge in [-0.25, -0.2) is 9.79 Å². The maximum absolute atomic E-state index is 11.2. The zero-order valence-corrected chi connectivity index (χ0v) is 9.31. The first-order chi connectivity index (χ1) is 6.47. The second kappa shape index (κ2) is 6.01. The predicted octanol–water partition coefficient (Wildman–Crippen LogP) is 0.152. The SMILES string of the molecule is COC(=O)/C(=C\N(C)C)N=CN(C)C. The van der Waals surface area contributed by atoms with E-state index in [-0.39, 0.29) is 5.70 Å². The van der Waals surface area contributed by atoms with Crippen LogP contribution in [0.15, 0.2) is 16.9 Å². The number of methoxy groups -OCH3 is 1. The van der Waals surface area contributed by atoms with Gasteiger partial charge in [-0.1, -0.05) is 0 Å². The van der Waals surface area contributed by atoms with E-state index < -0.39 is 5.97 Å². The zero-order chi connectivity index (χ0) is 11.1. The van der Waals surface area contributed by atoms with E-state index in [4.69, 9.17) is 0 Å². The van der Waals surface area contributed by atoms with Crippen LogP contribution in [0.2, 0.25) is 0 Å². The molecule has 0 atom stereocenters. The van der Waals surface area contributed by atoms with Crippen LogP contribution in [0.25, 0.3) is 0 Å². The molecular formula is C9H17N3O2. The van der Waals surface area contributed by atoms with Crippen LogP contribution >= 0.6 is 0 Å². The molecule has 0 heterocycles. The Morgan fingerprint density at radius 3 is 2.14 bits per heavy atom. The van der Waals surface area contributed by atoms with Gasteiger partial charge in [-0.05, 0) is 0 Å². The zero-order valence-electron chi connectivity index (χ0n) is 9.31. The topological polar surface area (TPSA) is 45.1 Å². The Balaban J connectivity index is 4.65. The Morgan fingerprint density at radius 1 is 1.21 bits per heavy atom. The average Bonchev–Trinajstić information content (AvgIpc) is 2.10. The van der Waals surface area contributed by atoms with Gasteiger partial charge in [0, 0.05) is 34.4 Å². The third-order valence-electron chi connectivity index (χ3n) is 1.20. The van der Waals surface area contributed by atoms with Crippen LogP contribution in [0.1, 0.15) is 0 Å². The first-order valence-electron chi connectivity index (χ1n) is 4.14. The molecule has 14 heavy (non-hydrogen) atoms. The molecule has 80 valence electrons. The number of hydrogen-bond donors (Lipinski definition) is 0. The van der Waals surface area contributed by atoms with Gasteiger partial charge in [-0.15, -0.1) is 0 Å². The number of aliphatic imine (C=N–C) groups is 1. The molecule has 0 N–H and O–H groups in total. The first-order valence-corrected chi connectivity index (χ1v) is 4.14. The fourth-order valence-electron chi connectivity index (χ4n) is 0.666. The average molecular weight is 199 g/mol. The summed E-state index contributed by atoms with van der Waals surface area (Å²) in [6.07, 6.45) is 3.15. The van der Waals surface area contributed by atoms with Crippen molar-refractivity contribution in [1.82, 2.24) is 9.80 Å². The minimum Gasteiger partial charge on any atom is -0.464 e. The molecule has 0 saturated heterocycles. The summed E-state index contributed by atoms with van der Waals surface area (Å²) in [5, 5.41) is 0. The molecule has 0 saturated carbocycles. The van der Waals surface area contributed by atoms with E-state index in [1.54, 1.807) is 22.3 Å². The smallest absolute Gasteiger partial charge is 0.358 e. The number of hydrogen-bond acceptors (Lipinski definition) is 4. The lowest BCUT2D eigenvalue weighted by Crippen LogP contribution is -2.13. The van der Waals surface area contributed by atoms with Crippen molar-refractivity contribution in [2.75, 3.05) is 35.3 Å². The minimum atomic E-state index is -0.447. The predicted molar refractivity (Wildman–Crippen MR) is 56.0 cm³/mol. The Labute approximate surface area is 84.7 Å². The minimum absolute atomic E-state index is 0.270. The molecule has 0 spiro atoms. The van der Waals surface area contributed by atoms with E-state index >= 15 is 0 Å². The fourth-order valence-corrected chi connectivity index (χ4v) is 0.666. The second-order valence-corrected chi connectivity index (χ2v) is 3.18. The van der Waals surface area contributed by atoms with Crippen molar-refractivity contribution in [3.05, 3.63) is 11.9 Å². The van der Waals surface area contributed by atoms with Gasteiger partial charge < -0.3 is 14.5 Å². The van der Waals surface area contributed by atoms with Crippen molar-refractivity contribution < 1.29 is 9.53 Å². The monoisotopic (exact) mass is 199 g/mol. The highest BCUT2D eigenvalue weighted by Crippen LogP contribution is 1.99. The van der Waals surface area contributed by atoms with Gasteiger partial charge in [0.25, 0.3) is 0 Å². The van der Waals surface area contributed by atoms with Gasteiger partial charge in [0.05, 0.1) is 13.4 Å². The van der Waals surface area contributed by atoms with Crippen molar-refractivity contribution in [1.29, 1.82) is 0 Å². The van der Waals surface area contributed by atoms with Crippen LogP contribution in [-0.2, 0) is 9.53 Å². The number of carbonyl (C=O) groups excluding carboxylic acids is 1. The number of ether oxygens (including phenoxy) is 1. The van der Waals surface area contributed by atoms with Gasteiger partial charge in [-0.2, -0.15) is 0 Å². The molecule has 0 radical (unpaired) electrons. The molecule has 0 aromatic carbocycles. The molecule has 0 amide bonds. The molecule has 0 aromatic rings. The highest BCUT2D eigenvalue weighted by molar-refractivity contribution is 5.89. The van der Waals surface area contributed by atoms with E-state index in [9.17, 15) is 4.79 Å². The van der Waals surface area contributed by atoms with Crippen LogP contribution in [-0.4, -0.2) is 57.4 Å². The van der Waals surface area contributed by atoms with Crippen molar-refractivity contribution in [3.8, 4) is 0 Å². The molecule has 0 aliphatic rings. The molecule has 5 nitrogen and oxygen atoms in total. The molecule has 0 fully saturated rings. The van der Waals surface area contributed by atoms with Crippen LogP contribution in [0.3, 0.4) is 0 Å². The van der Waals surface area contributed by atoms with E-state index in [1.165, 1.54) is 7.11 Å². The Kier molecular flexibility index (Phi) is 5.36. The Bertz CT molecular complexity index is 244. The normalized spacial score (nSPS) is 11.6. The Morgan fingerprint density at radius 2 is 1.79 bits per heavy atom. The summed E-state index contributed by atoms with van der Waals surface area (Å²) < 4.78 is 4.58. The van der Waals surface area contributed by atoms with Crippen LogP contribution in [0.5, 0.6) is 0 Å². The highest BCUT2D eigenvalue weighted by atomic mass is 16.5. The highest BCUT2D eigenvalue weighted by Gasteiger charge is 2.07. The second-order valence-electron chi connectivity index (χ2n) is 3.18. The summed E-state index contributed by atoms with van der Waals surface area (Å²) >= 11 is 0. The number of esters is 1. The van der Waals surface area contributed by atoms with Crippen molar-refractivity contribution in [3.63, 3.8) is 0 Å². The van der Waals surface area contributed by atoms with Gasteiger partial charge in [0.15, 0.2) is 5.70 Å². The van der Waals surface area contributed by atoms with E-state index in [2.05, 4.69) is 9.73 Å². The quantitative estimate of drug-likeness (QED) is 0.280. The van der Waals surface area contributed by atoms with E-state index in [1.807, 2.05) is 28.2 Å². The lowest BCUT2D eigenvalue weighted by Gasteiger charge is -2.08. The van der Waals surface area contributed by atoms with Gasteiger partial charge in [-0.3, -0.25) is 0 Å². The summed E-state index contributed by atoms with van der Waals surface area (Å²) in [7, 11) is 8.61. The third-order valence-corrected chi connectivity index (χ3v) is 1.20. The molecule has 0 bridgehead atoms. The number of carbonyl (C=O) groups is 1. The summed E-state index contributed by atoms with van der Waals surface area (Å²) in [6, 6.07) is 0. The van der Waals surface area contributed by atoms with Crippen LogP contribution in [0.4, 0.5) is 0 Å². The maximum Gasteiger partial charge on any atom is 0.358 e. The summed E-state index contributed by atoms with van der Waals surface area (Å²) in [5.74, 6) is -0.447. The summed E-state index contributed by atoms with van der Waals surface area (Å²) in [6.45, 7) is 0. The number of rotatable bonds is 4. The van der Waals surface area contributed by atoms with Gasteiger partial charge in [0.1, 0.15) is 0 Å². The lowest BCUT2D eigenvalue weighted by molar-refractivity contribution is -0.136.